The summed E-state index contributed by atoms with van der Waals surface area (Å²) in [5.74, 6) is 0.0187. The Morgan fingerprint density at radius 3 is 2.92 bits per heavy atom. The molecule has 9 heteroatoms. The van der Waals surface area contributed by atoms with E-state index in [1.165, 1.54) is 38.1 Å². The Labute approximate surface area is 151 Å². The highest BCUT2D eigenvalue weighted by Gasteiger charge is 2.20. The number of anilines is 1. The van der Waals surface area contributed by atoms with E-state index in [0.29, 0.717) is 16.0 Å². The number of piperidine rings is 1. The summed E-state index contributed by atoms with van der Waals surface area (Å²) >= 11 is 2.86. The summed E-state index contributed by atoms with van der Waals surface area (Å²) in [7, 11) is 0. The minimum Gasteiger partial charge on any atom is -0.317 e. The van der Waals surface area contributed by atoms with Crippen molar-refractivity contribution in [2.75, 3.05) is 18.4 Å². The molecule has 0 radical (unpaired) electrons. The first-order valence-electron chi connectivity index (χ1n) is 8.07. The molecular formula is C16H17N5O2S2. The van der Waals surface area contributed by atoms with E-state index < -0.39 is 5.91 Å². The summed E-state index contributed by atoms with van der Waals surface area (Å²) in [6.45, 7) is 3.83. The zero-order chi connectivity index (χ0) is 17.4. The monoisotopic (exact) mass is 375 g/mol. The van der Waals surface area contributed by atoms with Crippen molar-refractivity contribution in [1.29, 1.82) is 0 Å². The summed E-state index contributed by atoms with van der Waals surface area (Å²) in [5.41, 5.74) is 0.448. The van der Waals surface area contributed by atoms with Crippen LogP contribution in [0.25, 0.3) is 4.96 Å². The maximum absolute atomic E-state index is 12.5. The van der Waals surface area contributed by atoms with Gasteiger partial charge in [-0.05, 0) is 38.8 Å². The Balaban J connectivity index is 1.56. The second kappa shape index (κ2) is 6.66. The number of rotatable bonds is 3. The molecule has 1 aliphatic heterocycles. The fourth-order valence-corrected chi connectivity index (χ4v) is 4.79. The van der Waals surface area contributed by atoms with Crippen molar-refractivity contribution in [2.24, 2.45) is 0 Å². The Morgan fingerprint density at radius 1 is 1.32 bits per heavy atom. The van der Waals surface area contributed by atoms with Gasteiger partial charge in [0.1, 0.15) is 5.56 Å². The van der Waals surface area contributed by atoms with Crippen molar-refractivity contribution in [3.05, 3.63) is 44.3 Å². The van der Waals surface area contributed by atoms with E-state index in [0.717, 1.165) is 31.6 Å². The molecule has 0 aliphatic carbocycles. The fourth-order valence-electron chi connectivity index (χ4n) is 2.98. The number of fused-ring (bicyclic) bond motifs is 1. The molecule has 2 N–H and O–H groups in total. The van der Waals surface area contributed by atoms with Gasteiger partial charge in [0.25, 0.3) is 11.5 Å². The van der Waals surface area contributed by atoms with Crippen LogP contribution >= 0.6 is 22.7 Å². The van der Waals surface area contributed by atoms with Crippen molar-refractivity contribution in [3.8, 4) is 0 Å². The van der Waals surface area contributed by atoms with Gasteiger partial charge in [0.05, 0.1) is 0 Å². The van der Waals surface area contributed by atoms with Crippen molar-refractivity contribution < 1.29 is 4.79 Å². The molecular weight excluding hydrogens is 358 g/mol. The zero-order valence-electron chi connectivity index (χ0n) is 13.6. The average molecular weight is 375 g/mol. The predicted octanol–water partition coefficient (Wildman–Crippen LogP) is 2.24. The van der Waals surface area contributed by atoms with Crippen LogP contribution in [0.3, 0.4) is 0 Å². The van der Waals surface area contributed by atoms with E-state index in [-0.39, 0.29) is 11.1 Å². The average Bonchev–Trinajstić information content (AvgIpc) is 3.23. The zero-order valence-corrected chi connectivity index (χ0v) is 15.2. The first-order chi connectivity index (χ1) is 12.1. The van der Waals surface area contributed by atoms with Crippen molar-refractivity contribution in [2.45, 2.75) is 25.7 Å². The van der Waals surface area contributed by atoms with Gasteiger partial charge < -0.3 is 5.32 Å². The van der Waals surface area contributed by atoms with E-state index in [9.17, 15) is 9.59 Å². The minimum absolute atomic E-state index is 0.0256. The highest BCUT2D eigenvalue weighted by molar-refractivity contribution is 7.16. The van der Waals surface area contributed by atoms with Gasteiger partial charge in [-0.25, -0.2) is 9.97 Å². The fraction of sp³-hybridized carbons (Fsp3) is 0.375. The lowest BCUT2D eigenvalue weighted by molar-refractivity contribution is 0.102. The van der Waals surface area contributed by atoms with Crippen LogP contribution < -0.4 is 16.2 Å². The van der Waals surface area contributed by atoms with Crippen LogP contribution in [-0.2, 0) is 0 Å². The lowest BCUT2D eigenvalue weighted by Crippen LogP contribution is -2.26. The first kappa shape index (κ1) is 16.4. The number of aromatic nitrogens is 3. The number of carbonyl (C=O) groups is 1. The third-order valence-electron chi connectivity index (χ3n) is 4.35. The van der Waals surface area contributed by atoms with Gasteiger partial charge in [-0.2, -0.15) is 0 Å². The Bertz CT molecular complexity index is 984. The smallest absolute Gasteiger partial charge is 0.271 e. The number of hydrogen-bond acceptors (Lipinski definition) is 7. The number of amides is 1. The molecule has 0 unspecified atom stereocenters. The number of aryl methyl sites for hydroxylation is 1. The van der Waals surface area contributed by atoms with Crippen LogP contribution in [0, 0.1) is 6.92 Å². The third-order valence-corrected chi connectivity index (χ3v) is 6.38. The van der Waals surface area contributed by atoms with E-state index >= 15 is 0 Å². The number of thiazole rings is 2. The van der Waals surface area contributed by atoms with Gasteiger partial charge >= 0.3 is 0 Å². The molecule has 0 spiro atoms. The largest absolute Gasteiger partial charge is 0.317 e. The van der Waals surface area contributed by atoms with E-state index in [1.54, 1.807) is 0 Å². The van der Waals surface area contributed by atoms with Crippen LogP contribution in [0.5, 0.6) is 0 Å². The second-order valence-electron chi connectivity index (χ2n) is 6.02. The maximum Gasteiger partial charge on any atom is 0.271 e. The predicted molar refractivity (Wildman–Crippen MR) is 99.0 cm³/mol. The van der Waals surface area contributed by atoms with E-state index in [2.05, 4.69) is 20.6 Å². The standard InChI is InChI=1S/C16H17N5O2S2/c1-9-8-24-16-19-6-11(14(23)21(9)16)13(22)20-15-18-7-12(25-15)10-2-4-17-5-3-10/h6-8,10,17H,2-5H2,1H3,(H,18,20,22). The molecule has 130 valence electrons. The molecule has 1 amide bonds. The molecule has 0 atom stereocenters. The van der Waals surface area contributed by atoms with Gasteiger partial charge in [-0.15, -0.1) is 22.7 Å². The van der Waals surface area contributed by atoms with Gasteiger partial charge in [-0.3, -0.25) is 19.3 Å². The summed E-state index contributed by atoms with van der Waals surface area (Å²) in [6, 6.07) is 0. The van der Waals surface area contributed by atoms with Gasteiger partial charge in [0.15, 0.2) is 10.1 Å². The van der Waals surface area contributed by atoms with Gasteiger partial charge in [-0.1, -0.05) is 0 Å². The summed E-state index contributed by atoms with van der Waals surface area (Å²) in [4.78, 5) is 35.3. The first-order valence-corrected chi connectivity index (χ1v) is 9.77. The second-order valence-corrected chi connectivity index (χ2v) is 7.92. The van der Waals surface area contributed by atoms with Crippen LogP contribution in [0.1, 0.15) is 39.7 Å². The molecule has 3 aromatic heterocycles. The van der Waals surface area contributed by atoms with E-state index in [4.69, 9.17) is 0 Å². The number of hydrogen-bond donors (Lipinski definition) is 2. The highest BCUT2D eigenvalue weighted by Crippen LogP contribution is 2.31. The van der Waals surface area contributed by atoms with Crippen LogP contribution in [0.4, 0.5) is 5.13 Å². The van der Waals surface area contributed by atoms with Crippen LogP contribution in [0.2, 0.25) is 0 Å². The molecule has 1 saturated heterocycles. The lowest BCUT2D eigenvalue weighted by Gasteiger charge is -2.20. The molecule has 1 fully saturated rings. The minimum atomic E-state index is -0.469. The van der Waals surface area contributed by atoms with E-state index in [1.807, 2.05) is 18.5 Å². The van der Waals surface area contributed by atoms with Gasteiger partial charge in [0.2, 0.25) is 0 Å². The number of nitrogens with zero attached hydrogens (tertiary/aromatic N) is 3. The molecule has 0 saturated carbocycles. The molecule has 3 aromatic rings. The van der Waals surface area contributed by atoms with Crippen molar-refractivity contribution in [3.63, 3.8) is 0 Å². The summed E-state index contributed by atoms with van der Waals surface area (Å²) in [6.07, 6.45) is 5.32. The third kappa shape index (κ3) is 3.10. The Hall–Kier alpha value is -2.10. The number of carbonyl (C=O) groups excluding carboxylic acids is 1. The van der Waals surface area contributed by atoms with Crippen LogP contribution in [-0.4, -0.2) is 33.4 Å². The molecule has 4 rings (SSSR count). The van der Waals surface area contributed by atoms with Crippen molar-refractivity contribution >= 4 is 38.7 Å². The Kier molecular flexibility index (Phi) is 4.36. The normalized spacial score (nSPS) is 15.6. The van der Waals surface area contributed by atoms with Gasteiger partial charge in [0, 0.05) is 28.3 Å². The molecule has 0 aromatic carbocycles. The lowest BCUT2D eigenvalue weighted by atomic mass is 9.97. The maximum atomic E-state index is 12.5. The number of nitrogens with one attached hydrogen (secondary N) is 2. The molecule has 7 nitrogen and oxygen atoms in total. The highest BCUT2D eigenvalue weighted by atomic mass is 32.1. The van der Waals surface area contributed by atoms with Crippen molar-refractivity contribution in [1.82, 2.24) is 19.7 Å². The summed E-state index contributed by atoms with van der Waals surface area (Å²) in [5, 5.41) is 8.44. The molecule has 1 aliphatic rings. The quantitative estimate of drug-likeness (QED) is 0.733. The SMILES string of the molecule is Cc1csc2ncc(C(=O)Nc3ncc(C4CCNCC4)s3)c(=O)n12. The molecule has 25 heavy (non-hydrogen) atoms. The van der Waals surface area contributed by atoms with Crippen LogP contribution in [0.15, 0.2) is 22.6 Å². The molecule has 4 heterocycles. The Morgan fingerprint density at radius 2 is 2.12 bits per heavy atom. The topological polar surface area (TPSA) is 88.4 Å². The molecule has 0 bridgehead atoms. The summed E-state index contributed by atoms with van der Waals surface area (Å²) < 4.78 is 1.46.